The molecule has 96 valence electrons. The van der Waals surface area contributed by atoms with Gasteiger partial charge < -0.3 is 0 Å². The lowest BCUT2D eigenvalue weighted by atomic mass is 10.1. The first-order valence-electron chi connectivity index (χ1n) is 5.39. The summed E-state index contributed by atoms with van der Waals surface area (Å²) in [7, 11) is 1.56. The quantitative estimate of drug-likeness (QED) is 0.504. The van der Waals surface area contributed by atoms with Gasteiger partial charge in [-0.3, -0.25) is 0 Å². The van der Waals surface area contributed by atoms with Crippen molar-refractivity contribution in [2.45, 2.75) is 4.90 Å². The number of fused-ring (bicyclic) bond motifs is 2. The third-order valence-corrected chi connectivity index (χ3v) is 4.63. The summed E-state index contributed by atoms with van der Waals surface area (Å²) in [6, 6.07) is 11.9. The molecular weight excluding hydrogens is 305 g/mol. The van der Waals surface area contributed by atoms with Crippen LogP contribution < -0.4 is 0 Å². The second-order valence-corrected chi connectivity index (χ2v) is 7.00. The molecule has 0 spiro atoms. The zero-order chi connectivity index (χ0) is 13.6. The first kappa shape index (κ1) is 12.7. The zero-order valence-electron chi connectivity index (χ0n) is 9.47. The molecule has 1 aromatic heterocycles. The lowest BCUT2D eigenvalue weighted by molar-refractivity contribution is 0.609. The van der Waals surface area contributed by atoms with E-state index in [0.29, 0.717) is 15.9 Å². The van der Waals surface area contributed by atoms with Gasteiger partial charge in [-0.2, -0.15) is 0 Å². The zero-order valence-corrected chi connectivity index (χ0v) is 11.8. The van der Waals surface area contributed by atoms with E-state index >= 15 is 0 Å². The largest absolute Gasteiger partial charge is 0.261 e. The maximum Gasteiger partial charge on any atom is 0.261 e. The molecular formula is C13H7Cl2NO2S. The van der Waals surface area contributed by atoms with Gasteiger partial charge in [0.25, 0.3) is 9.05 Å². The minimum atomic E-state index is -3.78. The number of para-hydroxylation sites is 1. The van der Waals surface area contributed by atoms with Crippen LogP contribution in [0.3, 0.4) is 0 Å². The van der Waals surface area contributed by atoms with E-state index in [0.717, 1.165) is 10.9 Å². The molecule has 0 bridgehead atoms. The van der Waals surface area contributed by atoms with Gasteiger partial charge in [0.1, 0.15) is 0 Å². The van der Waals surface area contributed by atoms with Crippen LogP contribution in [0.1, 0.15) is 0 Å². The van der Waals surface area contributed by atoms with Gasteiger partial charge in [0.05, 0.1) is 21.0 Å². The topological polar surface area (TPSA) is 47.0 Å². The van der Waals surface area contributed by atoms with E-state index in [-0.39, 0.29) is 4.90 Å². The maximum atomic E-state index is 11.4. The van der Waals surface area contributed by atoms with E-state index in [1.807, 2.05) is 24.3 Å². The Morgan fingerprint density at radius 3 is 2.37 bits per heavy atom. The fourth-order valence-electron chi connectivity index (χ4n) is 1.97. The molecule has 19 heavy (non-hydrogen) atoms. The second-order valence-electron chi connectivity index (χ2n) is 4.06. The molecule has 0 amide bonds. The van der Waals surface area contributed by atoms with Crippen molar-refractivity contribution in [2.75, 3.05) is 0 Å². The Hall–Kier alpha value is -1.36. The number of nitrogens with zero attached hydrogens (tertiary/aromatic N) is 1. The van der Waals surface area contributed by atoms with Crippen molar-refractivity contribution in [3.63, 3.8) is 0 Å². The molecule has 3 nitrogen and oxygen atoms in total. The molecule has 0 atom stereocenters. The van der Waals surface area contributed by atoms with Crippen LogP contribution >= 0.6 is 22.3 Å². The van der Waals surface area contributed by atoms with Gasteiger partial charge in [-0.1, -0.05) is 29.8 Å². The van der Waals surface area contributed by atoms with Gasteiger partial charge in [-0.15, -0.1) is 0 Å². The van der Waals surface area contributed by atoms with E-state index in [4.69, 9.17) is 22.3 Å². The fraction of sp³-hybridized carbons (Fsp3) is 0. The molecule has 0 saturated heterocycles. The molecule has 0 N–H and O–H groups in total. The van der Waals surface area contributed by atoms with E-state index in [1.54, 1.807) is 6.07 Å². The summed E-state index contributed by atoms with van der Waals surface area (Å²) in [6.45, 7) is 0. The van der Waals surface area contributed by atoms with Crippen LogP contribution in [0.2, 0.25) is 5.02 Å². The van der Waals surface area contributed by atoms with Gasteiger partial charge in [-0.25, -0.2) is 13.4 Å². The summed E-state index contributed by atoms with van der Waals surface area (Å²) in [5.41, 5.74) is 1.40. The molecule has 3 aromatic rings. The van der Waals surface area contributed by atoms with Crippen molar-refractivity contribution >= 4 is 53.1 Å². The number of hydrogen-bond acceptors (Lipinski definition) is 3. The predicted octanol–water partition coefficient (Wildman–Crippen LogP) is 3.97. The van der Waals surface area contributed by atoms with E-state index < -0.39 is 9.05 Å². The van der Waals surface area contributed by atoms with Crippen LogP contribution in [0.25, 0.3) is 21.8 Å². The standard InChI is InChI=1S/C13H7Cl2NO2S/c14-13-9-3-1-2-4-11(9)16-12-6-5-8(7-10(12)13)19(15,17)18/h1-7H. The highest BCUT2D eigenvalue weighted by molar-refractivity contribution is 8.13. The molecule has 2 aromatic carbocycles. The van der Waals surface area contributed by atoms with Gasteiger partial charge in [0.15, 0.2) is 0 Å². The Labute approximate surface area is 119 Å². The van der Waals surface area contributed by atoms with E-state index in [9.17, 15) is 8.42 Å². The van der Waals surface area contributed by atoms with Crippen LogP contribution in [-0.4, -0.2) is 13.4 Å². The third-order valence-electron chi connectivity index (χ3n) is 2.87. The first-order valence-corrected chi connectivity index (χ1v) is 8.08. The summed E-state index contributed by atoms with van der Waals surface area (Å²) in [4.78, 5) is 4.45. The average molecular weight is 312 g/mol. The van der Waals surface area contributed by atoms with Gasteiger partial charge in [0, 0.05) is 21.5 Å². The lowest BCUT2D eigenvalue weighted by Crippen LogP contribution is -1.92. The maximum absolute atomic E-state index is 11.4. The summed E-state index contributed by atoms with van der Waals surface area (Å²) >= 11 is 6.32. The minimum absolute atomic E-state index is 0.0145. The monoisotopic (exact) mass is 311 g/mol. The van der Waals surface area contributed by atoms with E-state index in [2.05, 4.69) is 4.98 Å². The van der Waals surface area contributed by atoms with Gasteiger partial charge in [-0.05, 0) is 24.3 Å². The minimum Gasteiger partial charge on any atom is -0.248 e. The molecule has 0 aliphatic heterocycles. The molecule has 0 aliphatic rings. The molecule has 3 rings (SSSR count). The van der Waals surface area contributed by atoms with Crippen LogP contribution in [0, 0.1) is 0 Å². The Morgan fingerprint density at radius 2 is 1.63 bits per heavy atom. The average Bonchev–Trinajstić information content (AvgIpc) is 2.37. The Kier molecular flexibility index (Phi) is 2.89. The smallest absolute Gasteiger partial charge is 0.248 e. The summed E-state index contributed by atoms with van der Waals surface area (Å²) < 4.78 is 22.7. The Balaban J connectivity index is 2.46. The lowest BCUT2D eigenvalue weighted by Gasteiger charge is -2.06. The number of rotatable bonds is 1. The molecule has 0 unspecified atom stereocenters. The summed E-state index contributed by atoms with van der Waals surface area (Å²) in [5, 5.41) is 1.82. The fourth-order valence-corrected chi connectivity index (χ4v) is 3.06. The highest BCUT2D eigenvalue weighted by Gasteiger charge is 2.13. The first-order chi connectivity index (χ1) is 8.97. The molecule has 6 heteroatoms. The number of halogens is 2. The Morgan fingerprint density at radius 1 is 0.947 bits per heavy atom. The van der Waals surface area contributed by atoms with Gasteiger partial charge >= 0.3 is 0 Å². The normalized spacial score (nSPS) is 12.1. The third kappa shape index (κ3) is 2.16. The van der Waals surface area contributed by atoms with Crippen LogP contribution in [0.5, 0.6) is 0 Å². The SMILES string of the molecule is O=S(=O)(Cl)c1ccc2nc3ccccc3c(Cl)c2c1. The highest BCUT2D eigenvalue weighted by atomic mass is 35.7. The number of aromatic nitrogens is 1. The number of pyridine rings is 1. The van der Waals surface area contributed by atoms with E-state index in [1.165, 1.54) is 12.1 Å². The van der Waals surface area contributed by atoms with Crippen molar-refractivity contribution in [1.29, 1.82) is 0 Å². The van der Waals surface area contributed by atoms with Crippen LogP contribution in [-0.2, 0) is 9.05 Å². The van der Waals surface area contributed by atoms with Crippen molar-refractivity contribution in [3.8, 4) is 0 Å². The van der Waals surface area contributed by atoms with Crippen molar-refractivity contribution in [3.05, 3.63) is 47.5 Å². The number of hydrogen-bond donors (Lipinski definition) is 0. The van der Waals surface area contributed by atoms with Crippen molar-refractivity contribution < 1.29 is 8.42 Å². The van der Waals surface area contributed by atoms with Crippen molar-refractivity contribution in [2.24, 2.45) is 0 Å². The molecule has 0 saturated carbocycles. The number of benzene rings is 2. The highest BCUT2D eigenvalue weighted by Crippen LogP contribution is 2.32. The molecule has 0 aliphatic carbocycles. The Bertz CT molecular complexity index is 907. The van der Waals surface area contributed by atoms with Crippen LogP contribution in [0.15, 0.2) is 47.4 Å². The molecule has 0 radical (unpaired) electrons. The second kappa shape index (κ2) is 4.34. The predicted molar refractivity (Wildman–Crippen MR) is 77.3 cm³/mol. The van der Waals surface area contributed by atoms with Crippen molar-refractivity contribution in [1.82, 2.24) is 4.98 Å². The summed E-state index contributed by atoms with van der Waals surface area (Å²) in [5.74, 6) is 0. The summed E-state index contributed by atoms with van der Waals surface area (Å²) in [6.07, 6.45) is 0. The molecule has 0 fully saturated rings. The van der Waals surface area contributed by atoms with Gasteiger partial charge in [0.2, 0.25) is 0 Å². The molecule has 1 heterocycles. The van der Waals surface area contributed by atoms with Crippen LogP contribution in [0.4, 0.5) is 0 Å².